The van der Waals surface area contributed by atoms with Gasteiger partial charge in [0.05, 0.1) is 13.2 Å². The van der Waals surface area contributed by atoms with Crippen LogP contribution in [0.4, 0.5) is 0 Å². The highest BCUT2D eigenvalue weighted by Crippen LogP contribution is 2.24. The first kappa shape index (κ1) is 13.9. The molecule has 0 spiro atoms. The molecule has 0 atom stereocenters. The number of nitrogens with two attached hydrogens (primary N) is 1. The largest absolute Gasteiger partial charge is 0.465 e. The zero-order chi connectivity index (χ0) is 11.9. The Kier molecular flexibility index (Phi) is 5.93. The first-order valence-corrected chi connectivity index (χ1v) is 5.07. The Bertz CT molecular complexity index is 209. The van der Waals surface area contributed by atoms with E-state index in [1.54, 1.807) is 13.8 Å². The number of carbonyl (C=O) groups is 2. The number of hydrogen-bond donors (Lipinski definition) is 1. The van der Waals surface area contributed by atoms with Gasteiger partial charge in [0.1, 0.15) is 0 Å². The van der Waals surface area contributed by atoms with Crippen LogP contribution in [-0.2, 0) is 19.1 Å². The quantitative estimate of drug-likeness (QED) is 0.516. The molecule has 0 aromatic heterocycles. The zero-order valence-electron chi connectivity index (χ0n) is 9.54. The summed E-state index contributed by atoms with van der Waals surface area (Å²) in [5.41, 5.74) is 4.09. The van der Waals surface area contributed by atoms with Crippen molar-refractivity contribution in [3.63, 3.8) is 0 Å². The Labute approximate surface area is 89.9 Å². The first-order chi connectivity index (χ1) is 7.02. The van der Waals surface area contributed by atoms with Crippen molar-refractivity contribution < 1.29 is 19.1 Å². The van der Waals surface area contributed by atoms with E-state index in [0.717, 1.165) is 0 Å². The van der Waals surface area contributed by atoms with Crippen molar-refractivity contribution in [2.45, 2.75) is 27.2 Å². The molecule has 0 rings (SSSR count). The van der Waals surface area contributed by atoms with E-state index >= 15 is 0 Å². The molecule has 0 saturated carbocycles. The molecule has 0 amide bonds. The van der Waals surface area contributed by atoms with Crippen LogP contribution < -0.4 is 5.73 Å². The highest BCUT2D eigenvalue weighted by atomic mass is 16.6. The van der Waals surface area contributed by atoms with E-state index in [1.165, 1.54) is 6.92 Å². The molecule has 15 heavy (non-hydrogen) atoms. The summed E-state index contributed by atoms with van der Waals surface area (Å²) < 4.78 is 9.66. The van der Waals surface area contributed by atoms with Gasteiger partial charge in [0, 0.05) is 0 Å². The van der Waals surface area contributed by atoms with Gasteiger partial charge in [0.2, 0.25) is 0 Å². The van der Waals surface area contributed by atoms with E-state index < -0.39 is 17.4 Å². The van der Waals surface area contributed by atoms with Crippen LogP contribution in [0.2, 0.25) is 0 Å². The predicted molar refractivity (Wildman–Crippen MR) is 55.0 cm³/mol. The topological polar surface area (TPSA) is 78.6 Å². The lowest BCUT2D eigenvalue weighted by Gasteiger charge is -2.24. The summed E-state index contributed by atoms with van der Waals surface area (Å²) >= 11 is 0. The van der Waals surface area contributed by atoms with E-state index in [4.69, 9.17) is 15.2 Å². The van der Waals surface area contributed by atoms with Crippen molar-refractivity contribution >= 4 is 11.9 Å². The molecule has 0 bridgehead atoms. The van der Waals surface area contributed by atoms with Crippen LogP contribution in [0.25, 0.3) is 0 Å². The lowest BCUT2D eigenvalue weighted by Crippen LogP contribution is -2.41. The summed E-state index contributed by atoms with van der Waals surface area (Å²) in [5.74, 6) is -1.15. The molecule has 0 aromatic rings. The molecule has 0 unspecified atom stereocenters. The Hall–Kier alpha value is -1.10. The summed E-state index contributed by atoms with van der Waals surface area (Å²) in [6, 6.07) is 0. The molecule has 0 heterocycles. The van der Waals surface area contributed by atoms with E-state index in [-0.39, 0.29) is 26.2 Å². The van der Waals surface area contributed by atoms with E-state index in [2.05, 4.69) is 0 Å². The van der Waals surface area contributed by atoms with Gasteiger partial charge in [-0.1, -0.05) is 0 Å². The maximum absolute atomic E-state index is 11.6. The van der Waals surface area contributed by atoms with Crippen LogP contribution in [0.5, 0.6) is 0 Å². The molecule has 88 valence electrons. The van der Waals surface area contributed by atoms with Crippen molar-refractivity contribution in [3.05, 3.63) is 0 Å². The average molecular weight is 217 g/mol. The van der Waals surface area contributed by atoms with Crippen molar-refractivity contribution in [2.24, 2.45) is 11.1 Å². The van der Waals surface area contributed by atoms with Crippen LogP contribution in [0.1, 0.15) is 27.2 Å². The predicted octanol–water partition coefficient (Wildman–Crippen LogP) is 0.468. The summed E-state index contributed by atoms with van der Waals surface area (Å²) in [5, 5.41) is 0. The first-order valence-electron chi connectivity index (χ1n) is 5.07. The lowest BCUT2D eigenvalue weighted by atomic mass is 9.87. The van der Waals surface area contributed by atoms with Gasteiger partial charge in [-0.05, 0) is 33.7 Å². The molecule has 0 aromatic carbocycles. The molecule has 0 aliphatic rings. The zero-order valence-corrected chi connectivity index (χ0v) is 9.54. The number of ether oxygens (including phenoxy) is 2. The van der Waals surface area contributed by atoms with E-state index in [0.29, 0.717) is 0 Å². The number of hydrogen-bond acceptors (Lipinski definition) is 5. The maximum atomic E-state index is 11.6. The Morgan fingerprint density at radius 2 is 1.53 bits per heavy atom. The monoisotopic (exact) mass is 217 g/mol. The standard InChI is InChI=1S/C10H19NO4/c1-4-14-8(12)10(3,6-7-11)9(13)15-5-2/h4-7,11H2,1-3H3. The molecule has 0 fully saturated rings. The van der Waals surface area contributed by atoms with Crippen LogP contribution in [0.3, 0.4) is 0 Å². The third-order valence-electron chi connectivity index (χ3n) is 2.10. The van der Waals surface area contributed by atoms with Gasteiger partial charge in [-0.2, -0.15) is 0 Å². The number of rotatable bonds is 6. The van der Waals surface area contributed by atoms with Gasteiger partial charge in [-0.25, -0.2) is 0 Å². The Morgan fingerprint density at radius 3 is 1.80 bits per heavy atom. The summed E-state index contributed by atoms with van der Waals surface area (Å²) in [6.07, 6.45) is 0.227. The fourth-order valence-electron chi connectivity index (χ4n) is 1.16. The second kappa shape index (κ2) is 6.40. The van der Waals surface area contributed by atoms with Gasteiger partial charge in [-0.15, -0.1) is 0 Å². The van der Waals surface area contributed by atoms with Gasteiger partial charge >= 0.3 is 11.9 Å². The van der Waals surface area contributed by atoms with Crippen molar-refractivity contribution in [2.75, 3.05) is 19.8 Å². The van der Waals surface area contributed by atoms with Gasteiger partial charge in [0.15, 0.2) is 5.41 Å². The third-order valence-corrected chi connectivity index (χ3v) is 2.10. The molecule has 0 aliphatic heterocycles. The van der Waals surface area contributed by atoms with Gasteiger partial charge in [-0.3, -0.25) is 9.59 Å². The highest BCUT2D eigenvalue weighted by molar-refractivity contribution is 5.99. The minimum atomic E-state index is -1.28. The molecule has 2 N–H and O–H groups in total. The number of esters is 2. The van der Waals surface area contributed by atoms with Crippen molar-refractivity contribution in [3.8, 4) is 0 Å². The van der Waals surface area contributed by atoms with Gasteiger partial charge < -0.3 is 15.2 Å². The van der Waals surface area contributed by atoms with Crippen LogP contribution in [-0.4, -0.2) is 31.7 Å². The second-order valence-electron chi connectivity index (χ2n) is 3.31. The van der Waals surface area contributed by atoms with Crippen LogP contribution >= 0.6 is 0 Å². The molecule has 5 heteroatoms. The molecular formula is C10H19NO4. The molecular weight excluding hydrogens is 198 g/mol. The minimum Gasteiger partial charge on any atom is -0.465 e. The Balaban J connectivity index is 4.70. The fourth-order valence-corrected chi connectivity index (χ4v) is 1.16. The molecule has 5 nitrogen and oxygen atoms in total. The minimum absolute atomic E-state index is 0.227. The van der Waals surface area contributed by atoms with E-state index in [9.17, 15) is 9.59 Å². The average Bonchev–Trinajstić information content (AvgIpc) is 2.18. The molecule has 0 radical (unpaired) electrons. The van der Waals surface area contributed by atoms with Crippen molar-refractivity contribution in [1.29, 1.82) is 0 Å². The van der Waals surface area contributed by atoms with Gasteiger partial charge in [0.25, 0.3) is 0 Å². The SMILES string of the molecule is CCOC(=O)C(C)(CCN)C(=O)OCC. The number of carbonyl (C=O) groups excluding carboxylic acids is 2. The van der Waals surface area contributed by atoms with Crippen LogP contribution in [0, 0.1) is 5.41 Å². The second-order valence-corrected chi connectivity index (χ2v) is 3.31. The summed E-state index contributed by atoms with van der Waals surface area (Å²) in [6.45, 7) is 5.57. The molecule has 0 aliphatic carbocycles. The van der Waals surface area contributed by atoms with E-state index in [1.807, 2.05) is 0 Å². The maximum Gasteiger partial charge on any atom is 0.323 e. The normalized spacial score (nSPS) is 10.9. The highest BCUT2D eigenvalue weighted by Gasteiger charge is 2.43. The molecule has 0 saturated heterocycles. The summed E-state index contributed by atoms with van der Waals surface area (Å²) in [7, 11) is 0. The summed E-state index contributed by atoms with van der Waals surface area (Å²) in [4.78, 5) is 23.2. The van der Waals surface area contributed by atoms with Crippen LogP contribution in [0.15, 0.2) is 0 Å². The Morgan fingerprint density at radius 1 is 1.13 bits per heavy atom. The fraction of sp³-hybridized carbons (Fsp3) is 0.800. The third kappa shape index (κ3) is 3.51. The smallest absolute Gasteiger partial charge is 0.323 e. The lowest BCUT2D eigenvalue weighted by molar-refractivity contribution is -0.171. The van der Waals surface area contributed by atoms with Crippen molar-refractivity contribution in [1.82, 2.24) is 0 Å².